The second-order valence-electron chi connectivity index (χ2n) is 7.02. The van der Waals surface area contributed by atoms with E-state index >= 15 is 0 Å². The van der Waals surface area contributed by atoms with Gasteiger partial charge in [-0.15, -0.1) is 0 Å². The van der Waals surface area contributed by atoms with Crippen LogP contribution in [0, 0.1) is 6.92 Å². The lowest BCUT2D eigenvalue weighted by molar-refractivity contribution is -0.137. The fourth-order valence-corrected chi connectivity index (χ4v) is 3.28. The first kappa shape index (κ1) is 20.7. The zero-order valence-corrected chi connectivity index (χ0v) is 16.9. The summed E-state index contributed by atoms with van der Waals surface area (Å²) in [4.78, 5) is 13.5. The molecular formula is C23H19F3N4O. The van der Waals surface area contributed by atoms with E-state index in [1.165, 1.54) is 12.1 Å². The molecule has 5 nitrogen and oxygen atoms in total. The number of ether oxygens (including phenoxy) is 1. The molecule has 31 heavy (non-hydrogen) atoms. The number of aromatic nitrogens is 3. The molecule has 0 saturated heterocycles. The molecule has 0 aliphatic heterocycles. The van der Waals surface area contributed by atoms with Crippen molar-refractivity contribution >= 4 is 22.4 Å². The Morgan fingerprint density at radius 1 is 1.00 bits per heavy atom. The molecule has 158 valence electrons. The SMILES string of the molecule is COCc1nc(Nc2ccc(C(F)(F)F)cc2)c2ccc(-c3ncccc3C)cc2n1. The molecule has 0 atom stereocenters. The Kier molecular flexibility index (Phi) is 5.56. The number of nitrogens with zero attached hydrogens (tertiary/aromatic N) is 3. The van der Waals surface area contributed by atoms with Crippen molar-refractivity contribution in [2.75, 3.05) is 12.4 Å². The maximum absolute atomic E-state index is 12.8. The molecule has 0 fully saturated rings. The van der Waals surface area contributed by atoms with Crippen LogP contribution in [-0.2, 0) is 17.5 Å². The van der Waals surface area contributed by atoms with Gasteiger partial charge in [0.2, 0.25) is 0 Å². The van der Waals surface area contributed by atoms with Crippen molar-refractivity contribution in [2.45, 2.75) is 19.7 Å². The van der Waals surface area contributed by atoms with Crippen LogP contribution in [0.3, 0.4) is 0 Å². The molecule has 0 aliphatic carbocycles. The predicted octanol–water partition coefficient (Wildman–Crippen LogP) is 5.91. The number of anilines is 2. The Hall–Kier alpha value is -3.52. The molecule has 4 aromatic rings. The van der Waals surface area contributed by atoms with E-state index < -0.39 is 11.7 Å². The van der Waals surface area contributed by atoms with Gasteiger partial charge in [-0.25, -0.2) is 9.97 Å². The highest BCUT2D eigenvalue weighted by Crippen LogP contribution is 2.32. The highest BCUT2D eigenvalue weighted by molar-refractivity contribution is 5.93. The summed E-state index contributed by atoms with van der Waals surface area (Å²) in [5.74, 6) is 0.945. The number of hydrogen-bond acceptors (Lipinski definition) is 5. The molecule has 2 aromatic heterocycles. The summed E-state index contributed by atoms with van der Waals surface area (Å²) in [5.41, 5.74) is 3.26. The number of fused-ring (bicyclic) bond motifs is 1. The summed E-state index contributed by atoms with van der Waals surface area (Å²) < 4.78 is 43.7. The number of alkyl halides is 3. The van der Waals surface area contributed by atoms with Crippen LogP contribution >= 0.6 is 0 Å². The van der Waals surface area contributed by atoms with Crippen LogP contribution in [0.4, 0.5) is 24.7 Å². The second-order valence-corrected chi connectivity index (χ2v) is 7.02. The van der Waals surface area contributed by atoms with E-state index in [1.807, 2.05) is 37.3 Å². The number of hydrogen-bond donors (Lipinski definition) is 1. The molecule has 0 saturated carbocycles. The van der Waals surface area contributed by atoms with Gasteiger partial charge in [0.25, 0.3) is 0 Å². The van der Waals surface area contributed by atoms with Crippen molar-refractivity contribution in [1.82, 2.24) is 15.0 Å². The van der Waals surface area contributed by atoms with E-state index in [2.05, 4.69) is 20.3 Å². The quantitative estimate of drug-likeness (QED) is 0.432. The molecule has 2 heterocycles. The molecule has 8 heteroatoms. The van der Waals surface area contributed by atoms with E-state index in [1.54, 1.807) is 13.3 Å². The minimum absolute atomic E-state index is 0.199. The van der Waals surface area contributed by atoms with Crippen LogP contribution in [0.1, 0.15) is 17.0 Å². The van der Waals surface area contributed by atoms with Crippen LogP contribution in [0.2, 0.25) is 0 Å². The molecule has 0 bridgehead atoms. The number of benzene rings is 2. The number of methoxy groups -OCH3 is 1. The largest absolute Gasteiger partial charge is 0.416 e. The number of aryl methyl sites for hydroxylation is 1. The van der Waals surface area contributed by atoms with E-state index in [9.17, 15) is 13.2 Å². The Bertz CT molecular complexity index is 1220. The van der Waals surface area contributed by atoms with E-state index in [0.717, 1.165) is 34.3 Å². The van der Waals surface area contributed by atoms with Gasteiger partial charge in [0.15, 0.2) is 5.82 Å². The van der Waals surface area contributed by atoms with Crippen molar-refractivity contribution in [2.24, 2.45) is 0 Å². The molecule has 0 unspecified atom stereocenters. The summed E-state index contributed by atoms with van der Waals surface area (Å²) in [6.07, 6.45) is -2.65. The van der Waals surface area contributed by atoms with Gasteiger partial charge in [0.1, 0.15) is 12.4 Å². The van der Waals surface area contributed by atoms with Crippen molar-refractivity contribution < 1.29 is 17.9 Å². The van der Waals surface area contributed by atoms with Gasteiger partial charge in [-0.3, -0.25) is 4.98 Å². The summed E-state index contributed by atoms with van der Waals surface area (Å²) in [7, 11) is 1.55. The van der Waals surface area contributed by atoms with Crippen molar-refractivity contribution in [3.63, 3.8) is 0 Å². The van der Waals surface area contributed by atoms with Crippen molar-refractivity contribution in [1.29, 1.82) is 0 Å². The van der Waals surface area contributed by atoms with Gasteiger partial charge in [-0.1, -0.05) is 12.1 Å². The smallest absolute Gasteiger partial charge is 0.377 e. The van der Waals surface area contributed by atoms with Gasteiger partial charge in [-0.2, -0.15) is 13.2 Å². The molecule has 0 amide bonds. The molecule has 1 N–H and O–H groups in total. The lowest BCUT2D eigenvalue weighted by atomic mass is 10.0. The molecule has 0 radical (unpaired) electrons. The summed E-state index contributed by atoms with van der Waals surface area (Å²) in [5, 5.41) is 3.84. The zero-order chi connectivity index (χ0) is 22.0. The van der Waals surface area contributed by atoms with Crippen LogP contribution in [-0.4, -0.2) is 22.1 Å². The molecular weight excluding hydrogens is 405 g/mol. The monoisotopic (exact) mass is 424 g/mol. The third-order valence-corrected chi connectivity index (χ3v) is 4.77. The molecule has 2 aromatic carbocycles. The Labute approximate surface area is 177 Å². The van der Waals surface area contributed by atoms with Crippen molar-refractivity contribution in [3.8, 4) is 11.3 Å². The average molecular weight is 424 g/mol. The Morgan fingerprint density at radius 3 is 2.45 bits per heavy atom. The number of pyridine rings is 1. The third kappa shape index (κ3) is 4.49. The zero-order valence-electron chi connectivity index (χ0n) is 16.9. The minimum atomic E-state index is -4.38. The topological polar surface area (TPSA) is 59.9 Å². The number of halogens is 3. The van der Waals surface area contributed by atoms with Gasteiger partial charge in [-0.05, 0) is 55.0 Å². The van der Waals surface area contributed by atoms with Gasteiger partial charge >= 0.3 is 6.18 Å². The first-order chi connectivity index (χ1) is 14.8. The predicted molar refractivity (Wildman–Crippen MR) is 113 cm³/mol. The van der Waals surface area contributed by atoms with Crippen LogP contribution in [0.5, 0.6) is 0 Å². The third-order valence-electron chi connectivity index (χ3n) is 4.77. The maximum Gasteiger partial charge on any atom is 0.416 e. The second kappa shape index (κ2) is 8.31. The highest BCUT2D eigenvalue weighted by Gasteiger charge is 2.30. The van der Waals surface area contributed by atoms with Crippen LogP contribution < -0.4 is 5.32 Å². The first-order valence-corrected chi connectivity index (χ1v) is 9.51. The minimum Gasteiger partial charge on any atom is -0.377 e. The Balaban J connectivity index is 1.76. The summed E-state index contributed by atoms with van der Waals surface area (Å²) >= 11 is 0. The number of nitrogens with one attached hydrogen (secondary N) is 1. The molecule has 0 spiro atoms. The van der Waals surface area contributed by atoms with Crippen LogP contribution in [0.15, 0.2) is 60.8 Å². The van der Waals surface area contributed by atoms with E-state index in [-0.39, 0.29) is 6.61 Å². The average Bonchev–Trinajstić information content (AvgIpc) is 2.74. The number of rotatable bonds is 5. The molecule has 0 aliphatic rings. The normalized spacial score (nSPS) is 11.6. The van der Waals surface area contributed by atoms with Gasteiger partial charge in [0.05, 0.1) is 16.8 Å². The van der Waals surface area contributed by atoms with Gasteiger partial charge in [0, 0.05) is 29.9 Å². The standard InChI is InChI=1S/C23H19F3N4O/c1-14-4-3-11-27-21(14)15-5-10-18-19(12-15)29-20(13-31-2)30-22(18)28-17-8-6-16(7-9-17)23(24,25)26/h3-12H,13H2,1-2H3,(H,28,29,30). The van der Waals surface area contributed by atoms with Crippen LogP contribution in [0.25, 0.3) is 22.2 Å². The van der Waals surface area contributed by atoms with Gasteiger partial charge < -0.3 is 10.1 Å². The fraction of sp³-hybridized carbons (Fsp3) is 0.174. The lowest BCUT2D eigenvalue weighted by Crippen LogP contribution is -2.05. The first-order valence-electron chi connectivity index (χ1n) is 9.51. The van der Waals surface area contributed by atoms with Crippen molar-refractivity contribution in [3.05, 3.63) is 77.7 Å². The highest BCUT2D eigenvalue weighted by atomic mass is 19.4. The summed E-state index contributed by atoms with van der Waals surface area (Å²) in [6.45, 7) is 2.19. The Morgan fingerprint density at radius 2 is 1.77 bits per heavy atom. The van der Waals surface area contributed by atoms with E-state index in [4.69, 9.17) is 4.74 Å². The lowest BCUT2D eigenvalue weighted by Gasteiger charge is -2.13. The van der Waals surface area contributed by atoms with E-state index in [0.29, 0.717) is 22.8 Å². The molecule has 4 rings (SSSR count). The maximum atomic E-state index is 12.8. The summed E-state index contributed by atoms with van der Waals surface area (Å²) in [6, 6.07) is 14.4. The fourth-order valence-electron chi connectivity index (χ4n) is 3.28.